The highest BCUT2D eigenvalue weighted by Gasteiger charge is 2.26. The van der Waals surface area contributed by atoms with Gasteiger partial charge in [0.05, 0.1) is 0 Å². The zero-order valence-electron chi connectivity index (χ0n) is 14.7. The maximum Gasteiger partial charge on any atom is 0.333 e. The highest BCUT2D eigenvalue weighted by Crippen LogP contribution is 2.02. The van der Waals surface area contributed by atoms with E-state index in [0.29, 0.717) is 0 Å². The summed E-state index contributed by atoms with van der Waals surface area (Å²) in [5, 5.41) is 72.7. The summed E-state index contributed by atoms with van der Waals surface area (Å²) in [6, 6.07) is 0. The molecule has 0 fully saturated rings. The van der Waals surface area contributed by atoms with Crippen molar-refractivity contribution in [3.63, 3.8) is 0 Å². The molecule has 14 heteroatoms. The molecule has 4 unspecified atom stereocenters. The number of carboxylic acid groups (broad SMARTS) is 4. The summed E-state index contributed by atoms with van der Waals surface area (Å²) in [6.07, 6.45) is -7.65. The van der Waals surface area contributed by atoms with Gasteiger partial charge in [0.15, 0.2) is 24.4 Å². The summed E-state index contributed by atoms with van der Waals surface area (Å²) in [6.45, 7) is -2.83. The second-order valence-electron chi connectivity index (χ2n) is 5.94. The molecule has 4 atom stereocenters. The van der Waals surface area contributed by atoms with Crippen molar-refractivity contribution in [3.05, 3.63) is 0 Å². The summed E-state index contributed by atoms with van der Waals surface area (Å²) in [4.78, 5) is 45.2. The first-order valence-corrected chi connectivity index (χ1v) is 7.93. The quantitative estimate of drug-likeness (QED) is 0.126. The lowest BCUT2D eigenvalue weighted by Gasteiger charge is -2.30. The number of aliphatic hydroxyl groups is 4. The smallest absolute Gasteiger partial charge is 0.333 e. The molecular formula is C14H24N2O12. The van der Waals surface area contributed by atoms with Gasteiger partial charge < -0.3 is 40.9 Å². The van der Waals surface area contributed by atoms with Gasteiger partial charge in [0.1, 0.15) is 0 Å². The third kappa shape index (κ3) is 10.1. The molecule has 0 aromatic heterocycles. The van der Waals surface area contributed by atoms with E-state index in [2.05, 4.69) is 0 Å². The van der Waals surface area contributed by atoms with E-state index in [1.54, 1.807) is 0 Å². The summed E-state index contributed by atoms with van der Waals surface area (Å²) < 4.78 is 0. The molecule has 0 aromatic carbocycles. The topological polar surface area (TPSA) is 237 Å². The second-order valence-corrected chi connectivity index (χ2v) is 5.94. The first-order valence-electron chi connectivity index (χ1n) is 7.93. The molecule has 0 amide bonds. The molecule has 0 radical (unpaired) electrons. The summed E-state index contributed by atoms with van der Waals surface area (Å²) >= 11 is 0. The van der Waals surface area contributed by atoms with Gasteiger partial charge in [-0.15, -0.1) is 0 Å². The number of hydrogen-bond donors (Lipinski definition) is 8. The summed E-state index contributed by atoms with van der Waals surface area (Å²) in [7, 11) is 0. The van der Waals surface area contributed by atoms with Crippen molar-refractivity contribution >= 4 is 23.9 Å². The van der Waals surface area contributed by atoms with Crippen LogP contribution >= 0.6 is 0 Å². The number of nitrogens with zero attached hydrogens (tertiary/aromatic N) is 2. The van der Waals surface area contributed by atoms with Gasteiger partial charge in [0.2, 0.25) is 0 Å². The monoisotopic (exact) mass is 412 g/mol. The molecule has 14 nitrogen and oxygen atoms in total. The Bertz CT molecular complexity index is 464. The van der Waals surface area contributed by atoms with Gasteiger partial charge in [0, 0.05) is 39.3 Å². The van der Waals surface area contributed by atoms with E-state index in [1.165, 1.54) is 0 Å². The van der Waals surface area contributed by atoms with Gasteiger partial charge in [-0.3, -0.25) is 9.80 Å². The van der Waals surface area contributed by atoms with E-state index in [1.807, 2.05) is 0 Å². The predicted octanol–water partition coefficient (Wildman–Crippen LogP) is -4.63. The molecule has 0 aromatic rings. The van der Waals surface area contributed by atoms with Crippen LogP contribution in [0.1, 0.15) is 0 Å². The van der Waals surface area contributed by atoms with Crippen molar-refractivity contribution in [1.82, 2.24) is 9.80 Å². The molecule has 162 valence electrons. The minimum Gasteiger partial charge on any atom is -0.479 e. The first-order chi connectivity index (χ1) is 12.8. The zero-order chi connectivity index (χ0) is 22.0. The van der Waals surface area contributed by atoms with Crippen LogP contribution in [0.15, 0.2) is 0 Å². The Balaban J connectivity index is 5.16. The van der Waals surface area contributed by atoms with Gasteiger partial charge in [-0.25, -0.2) is 19.2 Å². The predicted molar refractivity (Wildman–Crippen MR) is 87.5 cm³/mol. The van der Waals surface area contributed by atoms with E-state index < -0.39 is 74.5 Å². The Labute approximate surface area is 158 Å². The summed E-state index contributed by atoms with van der Waals surface area (Å²) in [5.41, 5.74) is 0. The van der Waals surface area contributed by atoms with Gasteiger partial charge in [-0.2, -0.15) is 0 Å². The Morgan fingerprint density at radius 1 is 0.500 bits per heavy atom. The molecular weight excluding hydrogens is 388 g/mol. The summed E-state index contributed by atoms with van der Waals surface area (Å²) in [5.74, 6) is -6.41. The van der Waals surface area contributed by atoms with Crippen LogP contribution in [0.4, 0.5) is 0 Å². The maximum atomic E-state index is 10.8. The fraction of sp³-hybridized carbons (Fsp3) is 0.714. The molecule has 0 aliphatic heterocycles. The number of aliphatic carboxylic acids is 4. The van der Waals surface area contributed by atoms with Crippen molar-refractivity contribution in [1.29, 1.82) is 0 Å². The molecule has 0 heterocycles. The van der Waals surface area contributed by atoms with Gasteiger partial charge in [-0.05, 0) is 0 Å². The fourth-order valence-corrected chi connectivity index (χ4v) is 2.09. The average molecular weight is 412 g/mol. The van der Waals surface area contributed by atoms with Crippen LogP contribution in [-0.4, -0.2) is 138 Å². The van der Waals surface area contributed by atoms with Crippen LogP contribution < -0.4 is 0 Å². The first kappa shape index (κ1) is 25.6. The average Bonchev–Trinajstić information content (AvgIpc) is 2.58. The Morgan fingerprint density at radius 3 is 0.821 bits per heavy atom. The van der Waals surface area contributed by atoms with Crippen molar-refractivity contribution < 1.29 is 60.0 Å². The molecule has 8 N–H and O–H groups in total. The number of rotatable bonds is 15. The zero-order valence-corrected chi connectivity index (χ0v) is 14.7. The molecule has 0 saturated heterocycles. The lowest BCUT2D eigenvalue weighted by Crippen LogP contribution is -2.49. The molecule has 0 saturated carbocycles. The lowest BCUT2D eigenvalue weighted by atomic mass is 10.2. The van der Waals surface area contributed by atoms with Crippen LogP contribution in [-0.2, 0) is 19.2 Å². The standard InChI is InChI=1S/C14H24N2O12/c17-7(11(21)22)3-15(4-8(18)12(23)24)1-2-16(5-9(19)13(25)26)6-10(20)14(27)28/h7-10,17-20H,1-6H2,(H,21,22)(H,23,24)(H,25,26)(H,27,28). The van der Waals surface area contributed by atoms with Crippen LogP contribution in [0.5, 0.6) is 0 Å². The van der Waals surface area contributed by atoms with Crippen molar-refractivity contribution in [2.24, 2.45) is 0 Å². The normalized spacial score (nSPS) is 15.8. The van der Waals surface area contributed by atoms with Gasteiger partial charge in [0.25, 0.3) is 0 Å². The SMILES string of the molecule is O=C(O)C(O)CN(CCN(CC(O)C(=O)O)CC(O)C(=O)O)CC(O)C(=O)O. The van der Waals surface area contributed by atoms with Crippen molar-refractivity contribution in [2.75, 3.05) is 39.3 Å². The van der Waals surface area contributed by atoms with Crippen LogP contribution in [0, 0.1) is 0 Å². The second kappa shape index (κ2) is 12.2. The minimum atomic E-state index is -1.91. The molecule has 0 aliphatic rings. The van der Waals surface area contributed by atoms with E-state index in [9.17, 15) is 39.6 Å². The van der Waals surface area contributed by atoms with E-state index in [4.69, 9.17) is 20.4 Å². The molecule has 0 spiro atoms. The number of aliphatic hydroxyl groups excluding tert-OH is 4. The Kier molecular flexibility index (Phi) is 11.1. The van der Waals surface area contributed by atoms with Crippen molar-refractivity contribution in [3.8, 4) is 0 Å². The lowest BCUT2D eigenvalue weighted by molar-refractivity contribution is -0.152. The molecule has 28 heavy (non-hydrogen) atoms. The number of carboxylic acids is 4. The van der Waals surface area contributed by atoms with Crippen LogP contribution in [0.3, 0.4) is 0 Å². The minimum absolute atomic E-state index is 0.243. The number of carbonyl (C=O) groups is 4. The Hall–Kier alpha value is -2.36. The van der Waals surface area contributed by atoms with E-state index in [0.717, 1.165) is 9.80 Å². The van der Waals surface area contributed by atoms with E-state index in [-0.39, 0.29) is 13.1 Å². The third-order valence-corrected chi connectivity index (χ3v) is 3.60. The van der Waals surface area contributed by atoms with Crippen LogP contribution in [0.2, 0.25) is 0 Å². The highest BCUT2D eigenvalue weighted by molar-refractivity contribution is 5.73. The highest BCUT2D eigenvalue weighted by atomic mass is 16.4. The van der Waals surface area contributed by atoms with Gasteiger partial charge >= 0.3 is 23.9 Å². The Morgan fingerprint density at radius 2 is 0.679 bits per heavy atom. The van der Waals surface area contributed by atoms with E-state index >= 15 is 0 Å². The molecule has 0 rings (SSSR count). The van der Waals surface area contributed by atoms with Crippen molar-refractivity contribution in [2.45, 2.75) is 24.4 Å². The van der Waals surface area contributed by atoms with Crippen LogP contribution in [0.25, 0.3) is 0 Å². The van der Waals surface area contributed by atoms with Gasteiger partial charge in [-0.1, -0.05) is 0 Å². The fourth-order valence-electron chi connectivity index (χ4n) is 2.09. The molecule has 0 bridgehead atoms. The largest absolute Gasteiger partial charge is 0.479 e. The molecule has 0 aliphatic carbocycles. The maximum absolute atomic E-state index is 10.8. The number of hydrogen-bond acceptors (Lipinski definition) is 10. The third-order valence-electron chi connectivity index (χ3n) is 3.60.